The Bertz CT molecular complexity index is 2750. The second kappa shape index (κ2) is 11.7. The Kier molecular flexibility index (Phi) is 6.44. The Hall–Kier alpha value is -7.18. The van der Waals surface area contributed by atoms with Crippen molar-refractivity contribution in [2.45, 2.75) is 23.7 Å². The molecule has 7 aromatic carbocycles. The zero-order valence-corrected chi connectivity index (χ0v) is 31.8. The van der Waals surface area contributed by atoms with E-state index in [1.807, 2.05) is 24.3 Å². The van der Waals surface area contributed by atoms with Crippen molar-refractivity contribution in [3.63, 3.8) is 0 Å². The van der Waals surface area contributed by atoms with Gasteiger partial charge in [-0.15, -0.1) is 0 Å². The summed E-state index contributed by atoms with van der Waals surface area (Å²) >= 11 is 0. The third kappa shape index (κ3) is 4.11. The number of ether oxygens (including phenoxy) is 2. The monoisotopic (exact) mass is 746 g/mol. The highest BCUT2D eigenvalue weighted by atomic mass is 16.5. The summed E-state index contributed by atoms with van der Waals surface area (Å²) in [5.41, 5.74) is 21.6. The van der Waals surface area contributed by atoms with Crippen molar-refractivity contribution in [1.82, 2.24) is 19.9 Å². The molecule has 0 saturated heterocycles. The number of hydrogen-bond donors (Lipinski definition) is 0. The average Bonchev–Trinajstić information content (AvgIpc) is 3.29. The van der Waals surface area contributed by atoms with E-state index in [0.29, 0.717) is 0 Å². The van der Waals surface area contributed by atoms with Crippen LogP contribution in [-0.4, -0.2) is 34.2 Å². The topological polar surface area (TPSA) is 70.0 Å². The normalized spacial score (nSPS) is 18.5. The smallest absolute Gasteiger partial charge is 0.118 e. The first-order valence-corrected chi connectivity index (χ1v) is 19.9. The van der Waals surface area contributed by atoms with Gasteiger partial charge in [0.25, 0.3) is 0 Å². The SMILES string of the molecule is COc1ccc(-c2c3nc4c(nc3c(-c3ccc(OC)cc3)c3nc5c(nc23)C2c3ccccc3C5c3ccccc32)C2c3ccccc3C4c3ccccc32)cc1. The molecule has 0 N–H and O–H groups in total. The summed E-state index contributed by atoms with van der Waals surface area (Å²) in [5.74, 6) is 1.43. The van der Waals surface area contributed by atoms with Gasteiger partial charge in [-0.1, -0.05) is 121 Å². The van der Waals surface area contributed by atoms with E-state index in [9.17, 15) is 0 Å². The quantitative estimate of drug-likeness (QED) is 0.167. The fourth-order valence-electron chi connectivity index (χ4n) is 10.8. The maximum absolute atomic E-state index is 5.83. The van der Waals surface area contributed by atoms with Gasteiger partial charge in [0.1, 0.15) is 11.5 Å². The highest BCUT2D eigenvalue weighted by Crippen LogP contribution is 2.58. The van der Waals surface area contributed by atoms with Crippen LogP contribution >= 0.6 is 0 Å². The Balaban J connectivity index is 1.20. The molecule has 0 amide bonds. The van der Waals surface area contributed by atoms with Crippen LogP contribution in [-0.2, 0) is 0 Å². The summed E-state index contributed by atoms with van der Waals surface area (Å²) in [6, 6.07) is 51.9. The van der Waals surface area contributed by atoms with Gasteiger partial charge in [0.05, 0.1) is 82.7 Å². The molecular weight excluding hydrogens is 713 g/mol. The summed E-state index contributed by atoms with van der Waals surface area (Å²) < 4.78 is 11.3. The van der Waals surface area contributed by atoms with Crippen LogP contribution in [0.2, 0.25) is 0 Å². The van der Waals surface area contributed by atoms with Crippen LogP contribution < -0.4 is 9.47 Å². The third-order valence-corrected chi connectivity index (χ3v) is 13.2. The summed E-state index contributed by atoms with van der Waals surface area (Å²) in [7, 11) is 3.41. The molecule has 0 radical (unpaired) electrons. The first-order valence-electron chi connectivity index (χ1n) is 19.9. The van der Waals surface area contributed by atoms with Crippen LogP contribution in [0.1, 0.15) is 91.0 Å². The van der Waals surface area contributed by atoms with Gasteiger partial charge in [0, 0.05) is 11.1 Å². The summed E-state index contributed by atoms with van der Waals surface area (Å²) in [6.07, 6.45) is 0. The minimum Gasteiger partial charge on any atom is -0.497 e. The molecule has 4 bridgehead atoms. The maximum Gasteiger partial charge on any atom is 0.118 e. The van der Waals surface area contributed by atoms with E-state index >= 15 is 0 Å². The van der Waals surface area contributed by atoms with Crippen molar-refractivity contribution in [2.75, 3.05) is 14.2 Å². The molecule has 2 heterocycles. The lowest BCUT2D eigenvalue weighted by Gasteiger charge is -2.41. The van der Waals surface area contributed by atoms with Crippen molar-refractivity contribution in [3.05, 3.63) is 213 Å². The minimum absolute atomic E-state index is 0.0356. The number of hydrogen-bond acceptors (Lipinski definition) is 6. The molecule has 58 heavy (non-hydrogen) atoms. The van der Waals surface area contributed by atoms with Gasteiger partial charge < -0.3 is 9.47 Å². The summed E-state index contributed by atoms with van der Waals surface area (Å²) in [5, 5.41) is 0. The van der Waals surface area contributed by atoms with Crippen molar-refractivity contribution in [1.29, 1.82) is 0 Å². The van der Waals surface area contributed by atoms with E-state index < -0.39 is 0 Å². The molecule has 6 aliphatic carbocycles. The van der Waals surface area contributed by atoms with E-state index in [1.165, 1.54) is 44.5 Å². The van der Waals surface area contributed by atoms with Crippen LogP contribution in [0, 0.1) is 0 Å². The summed E-state index contributed by atoms with van der Waals surface area (Å²) in [6.45, 7) is 0. The van der Waals surface area contributed by atoms with Crippen LogP contribution in [0.15, 0.2) is 146 Å². The van der Waals surface area contributed by atoms with E-state index in [4.69, 9.17) is 29.4 Å². The predicted octanol–water partition coefficient (Wildman–Crippen LogP) is 10.9. The second-order valence-electron chi connectivity index (χ2n) is 15.8. The Morgan fingerprint density at radius 2 is 0.534 bits per heavy atom. The minimum atomic E-state index is -0.0356. The lowest BCUT2D eigenvalue weighted by atomic mass is 9.64. The van der Waals surface area contributed by atoms with Crippen molar-refractivity contribution >= 4 is 22.1 Å². The number of nitrogens with zero attached hydrogens (tertiary/aromatic N) is 4. The standard InChI is InChI=1S/C52H34N4O2/c1-57-29-23-19-27(20-24-29)39-45-47(55-51-43-35-15-7-3-11-31(35)41(49(51)53-45)32-12-4-8-16-36(32)43)40(28-21-25-30(58-2)26-22-28)48-46(39)54-50-42-33-13-5-9-17-37(33)44(52(50)56-48)38-18-10-6-14-34(38)42/h3-26,41-44H,1-2H3. The number of aromatic nitrogens is 4. The summed E-state index contributed by atoms with van der Waals surface area (Å²) in [4.78, 5) is 23.3. The molecule has 0 atom stereocenters. The van der Waals surface area contributed by atoms with Crippen LogP contribution in [0.5, 0.6) is 11.5 Å². The number of fused-ring (bicyclic) bond motifs is 2. The fourth-order valence-corrected chi connectivity index (χ4v) is 10.8. The molecule has 0 spiro atoms. The molecular formula is C52H34N4O2. The van der Waals surface area contributed by atoms with E-state index in [1.54, 1.807) is 14.2 Å². The number of methoxy groups -OCH3 is 2. The van der Waals surface area contributed by atoms with Gasteiger partial charge >= 0.3 is 0 Å². The average molecular weight is 747 g/mol. The van der Waals surface area contributed by atoms with E-state index in [-0.39, 0.29) is 23.7 Å². The molecule has 0 saturated carbocycles. The lowest BCUT2D eigenvalue weighted by Crippen LogP contribution is -2.30. The van der Waals surface area contributed by atoms with E-state index in [2.05, 4.69) is 121 Å². The van der Waals surface area contributed by atoms with Crippen molar-refractivity contribution in [3.8, 4) is 33.8 Å². The lowest BCUT2D eigenvalue weighted by molar-refractivity contribution is 0.415. The molecule has 2 aromatic heterocycles. The molecule has 9 aromatic rings. The Morgan fingerprint density at radius 3 is 0.741 bits per heavy atom. The van der Waals surface area contributed by atoms with Gasteiger partial charge in [0.2, 0.25) is 0 Å². The Morgan fingerprint density at radius 1 is 0.310 bits per heavy atom. The molecule has 6 heteroatoms. The van der Waals surface area contributed by atoms with Crippen LogP contribution in [0.3, 0.4) is 0 Å². The van der Waals surface area contributed by atoms with Gasteiger partial charge in [-0.2, -0.15) is 0 Å². The number of benzene rings is 7. The molecule has 0 fully saturated rings. The fraction of sp³-hybridized carbons (Fsp3) is 0.115. The maximum atomic E-state index is 5.83. The highest BCUT2D eigenvalue weighted by molar-refractivity contribution is 6.17. The third-order valence-electron chi connectivity index (χ3n) is 13.2. The first-order chi connectivity index (χ1) is 28.7. The van der Waals surface area contributed by atoms with E-state index in [0.717, 1.165) is 78.6 Å². The number of rotatable bonds is 4. The second-order valence-corrected chi connectivity index (χ2v) is 15.8. The molecule has 6 aliphatic rings. The predicted molar refractivity (Wildman–Crippen MR) is 226 cm³/mol. The Labute approximate surface area is 334 Å². The molecule has 15 rings (SSSR count). The van der Waals surface area contributed by atoms with Gasteiger partial charge in [-0.25, -0.2) is 19.9 Å². The first kappa shape index (κ1) is 32.0. The van der Waals surface area contributed by atoms with Gasteiger partial charge in [-0.3, -0.25) is 0 Å². The molecule has 274 valence electrons. The van der Waals surface area contributed by atoms with Gasteiger partial charge in [0.15, 0.2) is 0 Å². The van der Waals surface area contributed by atoms with Crippen LogP contribution in [0.4, 0.5) is 0 Å². The van der Waals surface area contributed by atoms with Gasteiger partial charge in [-0.05, 0) is 79.9 Å². The van der Waals surface area contributed by atoms with Crippen molar-refractivity contribution < 1.29 is 9.47 Å². The zero-order valence-electron chi connectivity index (χ0n) is 31.8. The molecule has 0 unspecified atom stereocenters. The molecule has 0 aliphatic heterocycles. The molecule has 6 nitrogen and oxygen atoms in total. The highest BCUT2D eigenvalue weighted by Gasteiger charge is 2.46. The van der Waals surface area contributed by atoms with Crippen molar-refractivity contribution in [2.24, 2.45) is 0 Å². The largest absolute Gasteiger partial charge is 0.497 e. The zero-order chi connectivity index (χ0) is 38.2. The van der Waals surface area contributed by atoms with Crippen LogP contribution in [0.25, 0.3) is 44.3 Å².